The van der Waals surface area contributed by atoms with Crippen LogP contribution in [-0.2, 0) is 32.7 Å². The summed E-state index contributed by atoms with van der Waals surface area (Å²) in [5, 5.41) is 50.1. The Bertz CT molecular complexity index is 1270. The molecule has 0 saturated heterocycles. The normalized spacial score (nSPS) is 22.9. The van der Waals surface area contributed by atoms with Crippen LogP contribution in [-0.4, -0.2) is 98.3 Å². The molecule has 0 heterocycles. The van der Waals surface area contributed by atoms with Crippen LogP contribution in [0.15, 0.2) is 60.8 Å². The highest BCUT2D eigenvalue weighted by Gasteiger charge is 2.51. The fourth-order valence-corrected chi connectivity index (χ4v) is 7.27. The highest BCUT2D eigenvalue weighted by atomic mass is 31.2. The second-order valence-corrected chi connectivity index (χ2v) is 16.6. The summed E-state index contributed by atoms with van der Waals surface area (Å²) in [6.45, 7) is 3.09. The van der Waals surface area contributed by atoms with Crippen LogP contribution < -0.4 is 0 Å². The zero-order chi connectivity index (χ0) is 43.6. The van der Waals surface area contributed by atoms with Crippen molar-refractivity contribution in [1.29, 1.82) is 0 Å². The monoisotopic (exact) mass is 857 g/mol. The van der Waals surface area contributed by atoms with E-state index in [-0.39, 0.29) is 12.8 Å². The molecule has 1 fully saturated rings. The second kappa shape index (κ2) is 35.2. The van der Waals surface area contributed by atoms with Crippen LogP contribution >= 0.6 is 7.82 Å². The van der Waals surface area contributed by atoms with E-state index in [1.807, 2.05) is 18.2 Å². The van der Waals surface area contributed by atoms with Crippen LogP contribution in [0.3, 0.4) is 0 Å². The van der Waals surface area contributed by atoms with Crippen molar-refractivity contribution in [2.75, 3.05) is 13.2 Å². The summed E-state index contributed by atoms with van der Waals surface area (Å²) in [6, 6.07) is 0. The van der Waals surface area contributed by atoms with Crippen molar-refractivity contribution in [3.05, 3.63) is 60.8 Å². The maximum Gasteiger partial charge on any atom is 0.472 e. The lowest BCUT2D eigenvalue weighted by Gasteiger charge is -2.41. The van der Waals surface area contributed by atoms with Crippen LogP contribution in [0.1, 0.15) is 155 Å². The van der Waals surface area contributed by atoms with Gasteiger partial charge < -0.3 is 39.9 Å². The second-order valence-electron chi connectivity index (χ2n) is 15.2. The first-order valence-electron chi connectivity index (χ1n) is 22.1. The van der Waals surface area contributed by atoms with Gasteiger partial charge in [-0.3, -0.25) is 18.6 Å². The minimum atomic E-state index is -5.14. The van der Waals surface area contributed by atoms with Gasteiger partial charge in [-0.25, -0.2) is 4.57 Å². The van der Waals surface area contributed by atoms with Gasteiger partial charge in [0.25, 0.3) is 0 Å². The van der Waals surface area contributed by atoms with E-state index in [9.17, 15) is 44.6 Å². The highest BCUT2D eigenvalue weighted by Crippen LogP contribution is 2.47. The van der Waals surface area contributed by atoms with Crippen molar-refractivity contribution in [2.45, 2.75) is 198 Å². The molecule has 6 atom stereocenters. The van der Waals surface area contributed by atoms with E-state index in [0.29, 0.717) is 19.3 Å². The molecule has 59 heavy (non-hydrogen) atoms. The fourth-order valence-electron chi connectivity index (χ4n) is 6.29. The Hall–Kier alpha value is -2.45. The molecule has 14 heteroatoms. The minimum Gasteiger partial charge on any atom is -0.462 e. The van der Waals surface area contributed by atoms with Gasteiger partial charge >= 0.3 is 19.8 Å². The summed E-state index contributed by atoms with van der Waals surface area (Å²) in [6.07, 6.45) is 28.7. The summed E-state index contributed by atoms with van der Waals surface area (Å²) in [7, 11) is -5.14. The lowest BCUT2D eigenvalue weighted by atomic mass is 9.85. The number of carbonyl (C=O) groups excluding carboxylic acids is 2. The molecule has 1 aliphatic carbocycles. The summed E-state index contributed by atoms with van der Waals surface area (Å²) < 4.78 is 33.4. The predicted molar refractivity (Wildman–Crippen MR) is 230 cm³/mol. The molecule has 0 aromatic rings. The predicted octanol–water partition coefficient (Wildman–Crippen LogP) is 8.16. The Morgan fingerprint density at radius 2 is 1.00 bits per heavy atom. The molecule has 0 aliphatic heterocycles. The SMILES string of the molecule is CC/C=C\C/C=C\C/C=C\C/C=C\CCC(=O)OC(COC(=O)CCCCCCCCC/C=C\CCCCCCCC)COP(=O)(O)OC1C(O)C(O)C(O)C(O)C1O. The van der Waals surface area contributed by atoms with E-state index in [2.05, 4.69) is 56.4 Å². The summed E-state index contributed by atoms with van der Waals surface area (Å²) in [4.78, 5) is 35.6. The number of ether oxygens (including phenoxy) is 2. The Kier molecular flexibility index (Phi) is 32.5. The molecular weight excluding hydrogens is 779 g/mol. The fraction of sp³-hybridized carbons (Fsp3) is 0.733. The molecule has 0 radical (unpaired) electrons. The first-order chi connectivity index (χ1) is 28.4. The summed E-state index contributed by atoms with van der Waals surface area (Å²) in [5.41, 5.74) is 0. The molecule has 1 aliphatic rings. The molecule has 13 nitrogen and oxygen atoms in total. The van der Waals surface area contributed by atoms with E-state index in [1.54, 1.807) is 0 Å². The number of rotatable bonds is 35. The molecule has 0 amide bonds. The first-order valence-corrected chi connectivity index (χ1v) is 23.6. The average Bonchev–Trinajstić information content (AvgIpc) is 3.21. The number of allylic oxidation sites excluding steroid dienone is 10. The standard InChI is InChI=1S/C45H77O13P/c1-3-5-7-9-11-13-15-17-18-19-20-22-23-25-27-29-31-33-38(46)55-35-37(36-56-59(53,54)58-45-43(51)41(49)40(48)42(50)44(45)52)57-39(47)34-32-30-28-26-24-21-16-14-12-10-8-6-4-2/h6,8,12,14,17-18,21,24,28,30,37,40-45,48-52H,3-5,7,9-11,13,15-16,19-20,22-23,25-27,29,31-36H2,1-2H3,(H,53,54)/b8-6-,14-12-,18-17-,24-21-,30-28-. The number of carbonyl (C=O) groups is 2. The molecule has 0 bridgehead atoms. The van der Waals surface area contributed by atoms with E-state index >= 15 is 0 Å². The van der Waals surface area contributed by atoms with Crippen molar-refractivity contribution < 1.29 is 63.1 Å². The molecular formula is C45H77O13P. The number of aliphatic hydroxyl groups excluding tert-OH is 5. The minimum absolute atomic E-state index is 0.0273. The van der Waals surface area contributed by atoms with E-state index in [1.165, 1.54) is 57.8 Å². The number of phosphoric acid groups is 1. The van der Waals surface area contributed by atoms with E-state index in [0.717, 1.165) is 51.4 Å². The van der Waals surface area contributed by atoms with Crippen molar-refractivity contribution >= 4 is 19.8 Å². The van der Waals surface area contributed by atoms with Crippen molar-refractivity contribution in [1.82, 2.24) is 0 Å². The number of esters is 2. The van der Waals surface area contributed by atoms with Crippen LogP contribution in [0.5, 0.6) is 0 Å². The average molecular weight is 857 g/mol. The molecule has 6 N–H and O–H groups in total. The van der Waals surface area contributed by atoms with Gasteiger partial charge in [-0.05, 0) is 64.2 Å². The number of phosphoric ester groups is 1. The van der Waals surface area contributed by atoms with Crippen LogP contribution in [0.2, 0.25) is 0 Å². The molecule has 6 unspecified atom stereocenters. The highest BCUT2D eigenvalue weighted by molar-refractivity contribution is 7.47. The number of hydrogen-bond acceptors (Lipinski definition) is 12. The maximum atomic E-state index is 12.8. The van der Waals surface area contributed by atoms with E-state index in [4.69, 9.17) is 18.5 Å². The molecule has 0 aromatic heterocycles. The van der Waals surface area contributed by atoms with E-state index < -0.39 is 75.7 Å². The van der Waals surface area contributed by atoms with Gasteiger partial charge in [0, 0.05) is 12.8 Å². The Balaban J connectivity index is 2.51. The van der Waals surface area contributed by atoms with Crippen molar-refractivity contribution in [3.63, 3.8) is 0 Å². The molecule has 1 saturated carbocycles. The van der Waals surface area contributed by atoms with Crippen molar-refractivity contribution in [3.8, 4) is 0 Å². The van der Waals surface area contributed by atoms with Crippen LogP contribution in [0.4, 0.5) is 0 Å². The zero-order valence-electron chi connectivity index (χ0n) is 35.8. The largest absolute Gasteiger partial charge is 0.472 e. The Morgan fingerprint density at radius 3 is 1.54 bits per heavy atom. The first kappa shape index (κ1) is 54.6. The molecule has 0 spiro atoms. The van der Waals surface area contributed by atoms with Gasteiger partial charge in [0.05, 0.1) is 6.61 Å². The van der Waals surface area contributed by atoms with Crippen LogP contribution in [0.25, 0.3) is 0 Å². The smallest absolute Gasteiger partial charge is 0.462 e. The van der Waals surface area contributed by atoms with Gasteiger partial charge in [-0.1, -0.05) is 139 Å². The zero-order valence-corrected chi connectivity index (χ0v) is 36.7. The van der Waals surface area contributed by atoms with Crippen molar-refractivity contribution in [2.24, 2.45) is 0 Å². The number of unbranched alkanes of at least 4 members (excludes halogenated alkanes) is 13. The van der Waals surface area contributed by atoms with Gasteiger partial charge in [0.1, 0.15) is 43.2 Å². The van der Waals surface area contributed by atoms with Gasteiger partial charge in [-0.15, -0.1) is 0 Å². The third-order valence-corrected chi connectivity index (χ3v) is 10.8. The Morgan fingerprint density at radius 1 is 0.542 bits per heavy atom. The number of hydrogen-bond donors (Lipinski definition) is 6. The topological polar surface area (TPSA) is 210 Å². The molecule has 0 aromatic carbocycles. The van der Waals surface area contributed by atoms with Gasteiger partial charge in [-0.2, -0.15) is 0 Å². The van der Waals surface area contributed by atoms with Gasteiger partial charge in [0.15, 0.2) is 6.10 Å². The molecule has 340 valence electrons. The quantitative estimate of drug-likeness (QED) is 0.0154. The summed E-state index contributed by atoms with van der Waals surface area (Å²) in [5.74, 6) is -1.20. The Labute approximate surface area is 353 Å². The molecule has 1 rings (SSSR count). The van der Waals surface area contributed by atoms with Crippen LogP contribution in [0, 0.1) is 0 Å². The number of aliphatic hydroxyl groups is 5. The maximum absolute atomic E-state index is 12.8. The summed E-state index contributed by atoms with van der Waals surface area (Å²) >= 11 is 0. The lowest BCUT2D eigenvalue weighted by Crippen LogP contribution is -2.64. The third kappa shape index (κ3) is 27.9. The van der Waals surface area contributed by atoms with Gasteiger partial charge in [0.2, 0.25) is 0 Å². The lowest BCUT2D eigenvalue weighted by molar-refractivity contribution is -0.220. The third-order valence-electron chi connectivity index (χ3n) is 9.86.